The third kappa shape index (κ3) is 4.29. The highest BCUT2D eigenvalue weighted by molar-refractivity contribution is 8.00. The normalized spacial score (nSPS) is 16.4. The van der Waals surface area contributed by atoms with Crippen LogP contribution in [0.15, 0.2) is 29.4 Å². The minimum Gasteiger partial charge on any atom is -0.370 e. The van der Waals surface area contributed by atoms with Crippen molar-refractivity contribution in [2.45, 2.75) is 62.4 Å². The van der Waals surface area contributed by atoms with E-state index in [0.717, 1.165) is 36.1 Å². The monoisotopic (exact) mass is 372 g/mol. The Morgan fingerprint density at radius 1 is 1.27 bits per heavy atom. The maximum Gasteiger partial charge on any atom is 0.235 e. The van der Waals surface area contributed by atoms with Crippen molar-refractivity contribution in [2.24, 2.45) is 0 Å². The Bertz CT molecular complexity index is 761. The van der Waals surface area contributed by atoms with E-state index in [2.05, 4.69) is 22.2 Å². The first-order chi connectivity index (χ1) is 12.6. The van der Waals surface area contributed by atoms with E-state index in [1.807, 2.05) is 43.1 Å². The SMILES string of the molecule is CCNc1nc(S[C@@H](C)C(=O)N(C)C2CCCCC2)nc2ccccc12. The first-order valence-electron chi connectivity index (χ1n) is 9.54. The number of anilines is 1. The van der Waals surface area contributed by atoms with Crippen LogP contribution in [0.4, 0.5) is 5.82 Å². The number of nitrogens with one attached hydrogen (secondary N) is 1. The van der Waals surface area contributed by atoms with Crippen molar-refractivity contribution in [1.82, 2.24) is 14.9 Å². The van der Waals surface area contributed by atoms with Crippen LogP contribution >= 0.6 is 11.8 Å². The Labute approximate surface area is 160 Å². The molecule has 1 N–H and O–H groups in total. The summed E-state index contributed by atoms with van der Waals surface area (Å²) in [6.07, 6.45) is 5.99. The van der Waals surface area contributed by atoms with Crippen LogP contribution in [0.1, 0.15) is 46.0 Å². The number of aromatic nitrogens is 2. The lowest BCUT2D eigenvalue weighted by molar-refractivity contribution is -0.131. The van der Waals surface area contributed by atoms with E-state index in [4.69, 9.17) is 0 Å². The van der Waals surface area contributed by atoms with Crippen LogP contribution in [0, 0.1) is 0 Å². The fourth-order valence-electron chi connectivity index (χ4n) is 3.55. The van der Waals surface area contributed by atoms with Crippen LogP contribution in [0.2, 0.25) is 0 Å². The quantitative estimate of drug-likeness (QED) is 0.604. The minimum atomic E-state index is -0.197. The average molecular weight is 373 g/mol. The molecular weight excluding hydrogens is 344 g/mol. The summed E-state index contributed by atoms with van der Waals surface area (Å²) in [7, 11) is 1.95. The second-order valence-corrected chi connectivity index (χ2v) is 8.21. The molecule has 1 aliphatic rings. The van der Waals surface area contributed by atoms with Gasteiger partial charge in [0.2, 0.25) is 5.91 Å². The Morgan fingerprint density at radius 2 is 2.00 bits per heavy atom. The van der Waals surface area contributed by atoms with Crippen LogP contribution in [0.3, 0.4) is 0 Å². The Morgan fingerprint density at radius 3 is 2.73 bits per heavy atom. The number of carbonyl (C=O) groups excluding carboxylic acids is 1. The highest BCUT2D eigenvalue weighted by atomic mass is 32.2. The lowest BCUT2D eigenvalue weighted by Gasteiger charge is -2.32. The van der Waals surface area contributed by atoms with Crippen molar-refractivity contribution in [3.05, 3.63) is 24.3 Å². The van der Waals surface area contributed by atoms with Gasteiger partial charge in [-0.15, -0.1) is 0 Å². The fourth-order valence-corrected chi connectivity index (χ4v) is 4.43. The van der Waals surface area contributed by atoms with Gasteiger partial charge in [0.25, 0.3) is 0 Å². The molecule has 1 heterocycles. The number of rotatable bonds is 6. The zero-order chi connectivity index (χ0) is 18.5. The molecule has 3 rings (SSSR count). The maximum absolute atomic E-state index is 12.9. The van der Waals surface area contributed by atoms with Crippen LogP contribution in [-0.2, 0) is 4.79 Å². The van der Waals surface area contributed by atoms with E-state index in [1.54, 1.807) is 0 Å². The molecule has 1 fully saturated rings. The predicted molar refractivity (Wildman–Crippen MR) is 109 cm³/mol. The number of para-hydroxylation sites is 1. The number of thioether (sulfide) groups is 1. The molecule has 0 unspecified atom stereocenters. The lowest BCUT2D eigenvalue weighted by atomic mass is 9.94. The Balaban J connectivity index is 1.75. The molecule has 0 saturated heterocycles. The highest BCUT2D eigenvalue weighted by Gasteiger charge is 2.26. The first kappa shape index (κ1) is 19.0. The number of fused-ring (bicyclic) bond motifs is 1. The van der Waals surface area contributed by atoms with Crippen LogP contribution in [0.25, 0.3) is 10.9 Å². The third-order valence-electron chi connectivity index (χ3n) is 5.03. The number of benzene rings is 1. The van der Waals surface area contributed by atoms with Gasteiger partial charge >= 0.3 is 0 Å². The summed E-state index contributed by atoms with van der Waals surface area (Å²) in [4.78, 5) is 24.1. The molecule has 0 aliphatic heterocycles. The van der Waals surface area contributed by atoms with Gasteiger partial charge in [-0.05, 0) is 38.8 Å². The van der Waals surface area contributed by atoms with Crippen LogP contribution in [-0.4, -0.2) is 45.7 Å². The predicted octanol–water partition coefficient (Wildman–Crippen LogP) is 4.33. The van der Waals surface area contributed by atoms with Gasteiger partial charge in [-0.25, -0.2) is 9.97 Å². The van der Waals surface area contributed by atoms with Gasteiger partial charge in [-0.1, -0.05) is 43.2 Å². The van der Waals surface area contributed by atoms with Gasteiger partial charge in [0, 0.05) is 25.0 Å². The second kappa shape index (κ2) is 8.71. The van der Waals surface area contributed by atoms with Gasteiger partial charge in [0.1, 0.15) is 5.82 Å². The van der Waals surface area contributed by atoms with Crippen molar-refractivity contribution in [3.63, 3.8) is 0 Å². The molecule has 1 aliphatic carbocycles. The topological polar surface area (TPSA) is 58.1 Å². The van der Waals surface area contributed by atoms with Crippen LogP contribution < -0.4 is 5.32 Å². The largest absolute Gasteiger partial charge is 0.370 e. The number of amides is 1. The molecule has 140 valence electrons. The number of hydrogen-bond donors (Lipinski definition) is 1. The summed E-state index contributed by atoms with van der Waals surface area (Å²) in [6, 6.07) is 8.36. The van der Waals surface area contributed by atoms with E-state index < -0.39 is 0 Å². The summed E-state index contributed by atoms with van der Waals surface area (Å²) in [5.74, 6) is 1.00. The zero-order valence-electron chi connectivity index (χ0n) is 15.9. The van der Waals surface area contributed by atoms with Crippen molar-refractivity contribution in [2.75, 3.05) is 18.9 Å². The molecule has 26 heavy (non-hydrogen) atoms. The van der Waals surface area contributed by atoms with Gasteiger partial charge in [0.05, 0.1) is 10.8 Å². The highest BCUT2D eigenvalue weighted by Crippen LogP contribution is 2.29. The number of nitrogens with zero attached hydrogens (tertiary/aromatic N) is 3. The van der Waals surface area contributed by atoms with E-state index in [-0.39, 0.29) is 11.2 Å². The minimum absolute atomic E-state index is 0.170. The molecular formula is C20H28N4OS. The average Bonchev–Trinajstić information content (AvgIpc) is 2.67. The second-order valence-electron chi connectivity index (χ2n) is 6.90. The van der Waals surface area contributed by atoms with Gasteiger partial charge in [-0.2, -0.15) is 0 Å². The van der Waals surface area contributed by atoms with E-state index in [1.165, 1.54) is 31.0 Å². The summed E-state index contributed by atoms with van der Waals surface area (Å²) in [6.45, 7) is 4.80. The molecule has 1 aromatic heterocycles. The Kier molecular flexibility index (Phi) is 6.35. The molecule has 1 amide bonds. The third-order valence-corrected chi connectivity index (χ3v) is 5.98. The molecule has 0 bridgehead atoms. The molecule has 6 heteroatoms. The standard InChI is InChI=1S/C20H28N4OS/c1-4-21-18-16-12-8-9-13-17(16)22-20(23-18)26-14(2)19(25)24(3)15-10-6-5-7-11-15/h8-9,12-15H,4-7,10-11H2,1-3H3,(H,21,22,23)/t14-/m0/s1. The van der Waals surface area contributed by atoms with Crippen molar-refractivity contribution in [1.29, 1.82) is 0 Å². The van der Waals surface area contributed by atoms with E-state index >= 15 is 0 Å². The molecule has 5 nitrogen and oxygen atoms in total. The maximum atomic E-state index is 12.9. The van der Waals surface area contributed by atoms with Gasteiger partial charge in [0.15, 0.2) is 5.16 Å². The van der Waals surface area contributed by atoms with Gasteiger partial charge < -0.3 is 10.2 Å². The molecule has 2 aromatic rings. The summed E-state index contributed by atoms with van der Waals surface area (Å²) < 4.78 is 0. The summed E-state index contributed by atoms with van der Waals surface area (Å²) in [5, 5.41) is 4.77. The van der Waals surface area contributed by atoms with Gasteiger partial charge in [-0.3, -0.25) is 4.79 Å². The molecule has 1 aromatic carbocycles. The molecule has 0 radical (unpaired) electrons. The Hall–Kier alpha value is -1.82. The molecule has 1 atom stereocenters. The molecule has 1 saturated carbocycles. The van der Waals surface area contributed by atoms with Crippen molar-refractivity contribution >= 4 is 34.4 Å². The smallest absolute Gasteiger partial charge is 0.235 e. The fraction of sp³-hybridized carbons (Fsp3) is 0.550. The summed E-state index contributed by atoms with van der Waals surface area (Å²) in [5.41, 5.74) is 0.904. The lowest BCUT2D eigenvalue weighted by Crippen LogP contribution is -2.42. The first-order valence-corrected chi connectivity index (χ1v) is 10.4. The van der Waals surface area contributed by atoms with Crippen molar-refractivity contribution < 1.29 is 4.79 Å². The van der Waals surface area contributed by atoms with Crippen molar-refractivity contribution in [3.8, 4) is 0 Å². The van der Waals surface area contributed by atoms with Crippen LogP contribution in [0.5, 0.6) is 0 Å². The number of hydrogen-bond acceptors (Lipinski definition) is 5. The summed E-state index contributed by atoms with van der Waals surface area (Å²) >= 11 is 1.45. The van der Waals surface area contributed by atoms with E-state index in [0.29, 0.717) is 11.2 Å². The zero-order valence-corrected chi connectivity index (χ0v) is 16.7. The van der Waals surface area contributed by atoms with E-state index in [9.17, 15) is 4.79 Å². The molecule has 0 spiro atoms. The number of carbonyl (C=O) groups is 1.